The number of nitrogens with zero attached hydrogens (tertiary/aromatic N) is 6. The van der Waals surface area contributed by atoms with E-state index in [1.54, 1.807) is 0 Å². The quantitative estimate of drug-likeness (QED) is 0.182. The summed E-state index contributed by atoms with van der Waals surface area (Å²) in [6, 6.07) is 8.05. The summed E-state index contributed by atoms with van der Waals surface area (Å²) in [5, 5.41) is 14.5. The van der Waals surface area contributed by atoms with Gasteiger partial charge in [-0.25, -0.2) is 19.9 Å². The second-order valence-electron chi connectivity index (χ2n) is 13.0. The van der Waals surface area contributed by atoms with Crippen LogP contribution in [-0.2, 0) is 31.9 Å². The molecule has 0 aromatic carbocycles. The normalized spacial score (nSPS) is 17.2. The summed E-state index contributed by atoms with van der Waals surface area (Å²) in [5.74, 6) is 1.25. The van der Waals surface area contributed by atoms with Crippen molar-refractivity contribution in [2.24, 2.45) is 11.8 Å². The average molecular weight is 681 g/mol. The number of rotatable bonds is 10. The number of aryl methyl sites for hydroxylation is 4. The number of carbonyl (C=O) groups is 2. The molecular weight excluding hydrogens is 632 g/mol. The predicted molar refractivity (Wildman–Crippen MR) is 190 cm³/mol. The van der Waals surface area contributed by atoms with Crippen LogP contribution < -0.4 is 0 Å². The lowest BCUT2D eigenvalue weighted by Crippen LogP contribution is -2.20. The minimum Gasteiger partial charge on any atom is -0.466 e. The molecule has 2 atom stereocenters. The van der Waals surface area contributed by atoms with Crippen molar-refractivity contribution in [2.45, 2.75) is 92.9 Å². The number of hydrogen-bond donors (Lipinski definition) is 2. The molecule has 0 aliphatic heterocycles. The summed E-state index contributed by atoms with van der Waals surface area (Å²) in [4.78, 5) is 42.3. The van der Waals surface area contributed by atoms with Crippen LogP contribution in [0.15, 0.2) is 36.4 Å². The van der Waals surface area contributed by atoms with Crippen LogP contribution >= 0.6 is 0 Å². The lowest BCUT2D eigenvalue weighted by atomic mass is 9.89. The molecule has 2 aliphatic rings. The van der Waals surface area contributed by atoms with E-state index in [1.165, 1.54) is 0 Å². The van der Waals surface area contributed by atoms with E-state index in [1.807, 2.05) is 65.8 Å². The summed E-state index contributed by atoms with van der Waals surface area (Å²) >= 11 is 0. The number of esters is 2. The molecule has 0 fully saturated rings. The van der Waals surface area contributed by atoms with E-state index in [-0.39, 0.29) is 23.8 Å². The van der Waals surface area contributed by atoms with Gasteiger partial charge in [0.05, 0.1) is 47.8 Å². The first-order valence-corrected chi connectivity index (χ1v) is 17.5. The van der Waals surface area contributed by atoms with Crippen LogP contribution in [0, 0.1) is 39.5 Å². The highest BCUT2D eigenvalue weighted by atomic mass is 16.5. The fourth-order valence-electron chi connectivity index (χ4n) is 6.26. The van der Waals surface area contributed by atoms with Gasteiger partial charge in [-0.2, -0.15) is 10.2 Å². The average Bonchev–Trinajstić information content (AvgIpc) is 3.71. The Balaban J connectivity index is 0.000000194. The van der Waals surface area contributed by atoms with Gasteiger partial charge in [0.25, 0.3) is 0 Å². The third kappa shape index (κ3) is 10.0. The van der Waals surface area contributed by atoms with Crippen molar-refractivity contribution in [1.29, 1.82) is 0 Å². The highest BCUT2D eigenvalue weighted by Gasteiger charge is 2.25. The zero-order chi connectivity index (χ0) is 35.6. The molecular formula is C38H48N8O4. The van der Waals surface area contributed by atoms with Gasteiger partial charge in [0.2, 0.25) is 0 Å². The molecule has 2 N–H and O–H groups in total. The smallest absolute Gasteiger partial charge is 0.309 e. The van der Waals surface area contributed by atoms with Gasteiger partial charge in [-0.1, -0.05) is 12.2 Å². The Labute approximate surface area is 293 Å². The van der Waals surface area contributed by atoms with Gasteiger partial charge in [-0.3, -0.25) is 19.8 Å². The zero-order valence-electron chi connectivity index (χ0n) is 30.0. The molecule has 0 saturated carbocycles. The minimum absolute atomic E-state index is 0.0417. The molecule has 0 spiro atoms. The van der Waals surface area contributed by atoms with Crippen LogP contribution in [0.5, 0.6) is 0 Å². The van der Waals surface area contributed by atoms with E-state index in [9.17, 15) is 9.59 Å². The summed E-state index contributed by atoms with van der Waals surface area (Å²) in [7, 11) is 0. The molecule has 4 aromatic rings. The van der Waals surface area contributed by atoms with Crippen molar-refractivity contribution in [1.82, 2.24) is 40.3 Å². The number of aromatic amines is 2. The van der Waals surface area contributed by atoms with Gasteiger partial charge in [-0.05, 0) is 115 Å². The highest BCUT2D eigenvalue weighted by Crippen LogP contribution is 2.31. The summed E-state index contributed by atoms with van der Waals surface area (Å²) in [6.07, 6.45) is 10.1. The second kappa shape index (κ2) is 17.1. The molecule has 4 heterocycles. The molecule has 4 aromatic heterocycles. The molecule has 12 nitrogen and oxygen atoms in total. The highest BCUT2D eigenvalue weighted by molar-refractivity contribution is 5.75. The van der Waals surface area contributed by atoms with E-state index < -0.39 is 0 Å². The van der Waals surface area contributed by atoms with Crippen molar-refractivity contribution in [3.05, 3.63) is 93.6 Å². The molecule has 2 unspecified atom stereocenters. The van der Waals surface area contributed by atoms with Crippen LogP contribution in [0.2, 0.25) is 0 Å². The van der Waals surface area contributed by atoms with Crippen LogP contribution in [0.3, 0.4) is 0 Å². The molecule has 12 heteroatoms. The first kappa shape index (κ1) is 36.3. The number of allylic oxidation sites excluding steroid dienone is 4. The van der Waals surface area contributed by atoms with Crippen molar-refractivity contribution in [3.63, 3.8) is 0 Å². The molecule has 0 amide bonds. The first-order chi connectivity index (χ1) is 24.1. The van der Waals surface area contributed by atoms with Crippen LogP contribution in [0.1, 0.15) is 110 Å². The molecule has 0 radical (unpaired) electrons. The Morgan fingerprint density at radius 3 is 1.38 bits per heavy atom. The lowest BCUT2D eigenvalue weighted by molar-refractivity contribution is -0.149. The SMILES string of the molecule is CCOC(=O)C1CC=C(c2nc(C)cc(Cc3cc(C)[nH]n3)n2)CC1.CCOC(=O)C1CC=C(c2nc(C)cc(Cc3cc(C)[nH]n3)n2)CC1. The lowest BCUT2D eigenvalue weighted by Gasteiger charge is -2.20. The van der Waals surface area contributed by atoms with Crippen molar-refractivity contribution in [2.75, 3.05) is 13.2 Å². The van der Waals surface area contributed by atoms with Crippen LogP contribution in [0.25, 0.3) is 11.1 Å². The number of aromatic nitrogens is 8. The number of hydrogen-bond acceptors (Lipinski definition) is 10. The first-order valence-electron chi connectivity index (χ1n) is 17.5. The van der Waals surface area contributed by atoms with E-state index in [4.69, 9.17) is 19.4 Å². The monoisotopic (exact) mass is 680 g/mol. The maximum atomic E-state index is 11.9. The van der Waals surface area contributed by atoms with Crippen LogP contribution in [0.4, 0.5) is 0 Å². The van der Waals surface area contributed by atoms with E-state index >= 15 is 0 Å². The topological polar surface area (TPSA) is 162 Å². The summed E-state index contributed by atoms with van der Waals surface area (Å²) in [5.41, 5.74) is 10.1. The standard InChI is InChI=1S/2C19H24N4O2/c2*1-4-25-19(24)15-7-5-14(6-8-15)18-20-12(2)9-16(21-18)11-17-10-13(3)22-23-17/h2*5,9-10,15H,4,6-8,11H2,1-3H3,(H,22,23). The molecule has 0 bridgehead atoms. The molecule has 264 valence electrons. The van der Waals surface area contributed by atoms with E-state index in [0.717, 1.165) is 94.0 Å². The fourth-order valence-corrected chi connectivity index (χ4v) is 6.26. The largest absolute Gasteiger partial charge is 0.466 e. The third-order valence-corrected chi connectivity index (χ3v) is 8.69. The molecule has 50 heavy (non-hydrogen) atoms. The van der Waals surface area contributed by atoms with E-state index in [0.29, 0.717) is 38.9 Å². The Morgan fingerprint density at radius 2 is 1.06 bits per heavy atom. The maximum Gasteiger partial charge on any atom is 0.309 e. The molecule has 0 saturated heterocycles. The zero-order valence-corrected chi connectivity index (χ0v) is 30.0. The second-order valence-corrected chi connectivity index (χ2v) is 13.0. The fraction of sp³-hybridized carbons (Fsp3) is 0.474. The van der Waals surface area contributed by atoms with Gasteiger partial charge in [0.1, 0.15) is 0 Å². The Kier molecular flexibility index (Phi) is 12.4. The summed E-state index contributed by atoms with van der Waals surface area (Å²) in [6.45, 7) is 12.5. The van der Waals surface area contributed by atoms with Gasteiger partial charge in [0.15, 0.2) is 11.6 Å². The number of ether oxygens (including phenoxy) is 2. The third-order valence-electron chi connectivity index (χ3n) is 8.69. The van der Waals surface area contributed by atoms with Crippen molar-refractivity contribution in [3.8, 4) is 0 Å². The number of carbonyl (C=O) groups excluding carboxylic acids is 2. The van der Waals surface area contributed by atoms with E-state index in [2.05, 4.69) is 42.5 Å². The number of nitrogens with one attached hydrogen (secondary N) is 2. The summed E-state index contributed by atoms with van der Waals surface area (Å²) < 4.78 is 10.2. The predicted octanol–water partition coefficient (Wildman–Crippen LogP) is 6.31. The van der Waals surface area contributed by atoms with Gasteiger partial charge in [0, 0.05) is 35.6 Å². The molecule has 2 aliphatic carbocycles. The van der Waals surface area contributed by atoms with Crippen LogP contribution in [-0.4, -0.2) is 65.5 Å². The Hall–Kier alpha value is -5.00. The van der Waals surface area contributed by atoms with Crippen molar-refractivity contribution >= 4 is 23.1 Å². The molecule has 6 rings (SSSR count). The maximum absolute atomic E-state index is 11.9. The Morgan fingerprint density at radius 1 is 0.640 bits per heavy atom. The van der Waals surface area contributed by atoms with Gasteiger partial charge in [-0.15, -0.1) is 0 Å². The van der Waals surface area contributed by atoms with Gasteiger partial charge >= 0.3 is 11.9 Å². The number of H-pyrrole nitrogens is 2. The van der Waals surface area contributed by atoms with Crippen molar-refractivity contribution < 1.29 is 19.1 Å². The Bertz CT molecular complexity index is 1720. The minimum atomic E-state index is -0.0995. The van der Waals surface area contributed by atoms with Gasteiger partial charge < -0.3 is 9.47 Å².